The molecule has 2 heterocycles. The summed E-state index contributed by atoms with van der Waals surface area (Å²) in [5.41, 5.74) is 0.811. The molecule has 1 atom stereocenters. The maximum Gasteiger partial charge on any atom is 0.352 e. The molecule has 0 N–H and O–H groups in total. The van der Waals surface area contributed by atoms with Crippen LogP contribution in [0.4, 0.5) is 4.39 Å². The summed E-state index contributed by atoms with van der Waals surface area (Å²) in [5, 5.41) is 0.459. The van der Waals surface area contributed by atoms with E-state index in [1.54, 1.807) is 12.1 Å². The molecular weight excluding hydrogens is 319 g/mol. The van der Waals surface area contributed by atoms with Gasteiger partial charge in [-0.15, -0.1) is 5.06 Å². The van der Waals surface area contributed by atoms with Crippen molar-refractivity contribution in [3.63, 3.8) is 0 Å². The zero-order valence-electron chi connectivity index (χ0n) is 12.7. The zero-order chi connectivity index (χ0) is 17.3. The fourth-order valence-corrected chi connectivity index (χ4v) is 2.83. The Morgan fingerprint density at radius 2 is 1.71 bits per heavy atom. The van der Waals surface area contributed by atoms with E-state index < -0.39 is 17.8 Å². The van der Waals surface area contributed by atoms with E-state index >= 15 is 0 Å². The number of amides is 3. The van der Waals surface area contributed by atoms with Crippen LogP contribution in [-0.2, 0) is 24.0 Å². The Morgan fingerprint density at radius 3 is 2.33 bits per heavy atom. The SMILES string of the molecule is O=C(CN1CC(c2ccc(F)cc2)CC1=O)ON1C(=O)CCC1=O. The molecule has 2 saturated heterocycles. The second-order valence-electron chi connectivity index (χ2n) is 5.77. The summed E-state index contributed by atoms with van der Waals surface area (Å²) in [6, 6.07) is 5.86. The summed E-state index contributed by atoms with van der Waals surface area (Å²) in [7, 11) is 0. The number of halogens is 1. The molecule has 24 heavy (non-hydrogen) atoms. The predicted octanol–water partition coefficient (Wildman–Crippen LogP) is 0.749. The van der Waals surface area contributed by atoms with E-state index in [-0.39, 0.29) is 43.4 Å². The van der Waals surface area contributed by atoms with Crippen molar-refractivity contribution < 1.29 is 28.4 Å². The van der Waals surface area contributed by atoms with Gasteiger partial charge in [0.15, 0.2) is 0 Å². The molecule has 0 bridgehead atoms. The summed E-state index contributed by atoms with van der Waals surface area (Å²) < 4.78 is 13.0. The summed E-state index contributed by atoms with van der Waals surface area (Å²) in [5.74, 6) is -2.70. The van der Waals surface area contributed by atoms with E-state index in [9.17, 15) is 23.6 Å². The fourth-order valence-electron chi connectivity index (χ4n) is 2.83. The van der Waals surface area contributed by atoms with E-state index in [4.69, 9.17) is 4.84 Å². The number of hydroxylamine groups is 2. The first-order chi connectivity index (χ1) is 11.4. The molecule has 1 unspecified atom stereocenters. The minimum absolute atomic E-state index is 0.0153. The van der Waals surface area contributed by atoms with Crippen LogP contribution >= 0.6 is 0 Å². The molecule has 2 aliphatic rings. The van der Waals surface area contributed by atoms with E-state index in [1.165, 1.54) is 17.0 Å². The molecule has 1 aromatic rings. The number of benzene rings is 1. The molecule has 0 radical (unpaired) electrons. The number of hydrogen-bond donors (Lipinski definition) is 0. The number of hydrogen-bond acceptors (Lipinski definition) is 5. The van der Waals surface area contributed by atoms with Gasteiger partial charge in [-0.25, -0.2) is 9.18 Å². The van der Waals surface area contributed by atoms with Gasteiger partial charge in [0.05, 0.1) is 0 Å². The highest BCUT2D eigenvalue weighted by molar-refractivity contribution is 6.01. The number of nitrogens with zero attached hydrogens (tertiary/aromatic N) is 2. The number of carbonyl (C=O) groups excluding carboxylic acids is 4. The molecule has 3 rings (SSSR count). The highest BCUT2D eigenvalue weighted by atomic mass is 19.1. The molecule has 7 nitrogen and oxygen atoms in total. The van der Waals surface area contributed by atoms with Crippen molar-refractivity contribution >= 4 is 23.7 Å². The summed E-state index contributed by atoms with van der Waals surface area (Å²) >= 11 is 0. The van der Waals surface area contributed by atoms with Crippen LogP contribution in [0.1, 0.15) is 30.7 Å². The second kappa shape index (κ2) is 6.38. The quantitative estimate of drug-likeness (QED) is 0.759. The average molecular weight is 334 g/mol. The highest BCUT2D eigenvalue weighted by Crippen LogP contribution is 2.28. The van der Waals surface area contributed by atoms with Crippen molar-refractivity contribution in [2.45, 2.75) is 25.2 Å². The summed E-state index contributed by atoms with van der Waals surface area (Å²) in [6.07, 6.45) is 0.239. The van der Waals surface area contributed by atoms with Crippen LogP contribution in [0.25, 0.3) is 0 Å². The largest absolute Gasteiger partial charge is 0.352 e. The molecule has 2 aliphatic heterocycles. The fraction of sp³-hybridized carbons (Fsp3) is 0.375. The molecule has 126 valence electrons. The van der Waals surface area contributed by atoms with Gasteiger partial charge >= 0.3 is 5.97 Å². The van der Waals surface area contributed by atoms with Gasteiger partial charge in [-0.1, -0.05) is 12.1 Å². The van der Waals surface area contributed by atoms with E-state index in [2.05, 4.69) is 0 Å². The second-order valence-corrected chi connectivity index (χ2v) is 5.77. The Bertz CT molecular complexity index is 687. The third-order valence-electron chi connectivity index (χ3n) is 4.07. The Labute approximate surface area is 136 Å². The lowest BCUT2D eigenvalue weighted by atomic mass is 9.98. The third-order valence-corrected chi connectivity index (χ3v) is 4.07. The Balaban J connectivity index is 1.58. The van der Waals surface area contributed by atoms with Crippen molar-refractivity contribution in [3.05, 3.63) is 35.6 Å². The molecule has 0 aromatic heterocycles. The van der Waals surface area contributed by atoms with Crippen LogP contribution in [0.3, 0.4) is 0 Å². The topological polar surface area (TPSA) is 84.0 Å². The average Bonchev–Trinajstić information content (AvgIpc) is 3.05. The maximum absolute atomic E-state index is 13.0. The van der Waals surface area contributed by atoms with Gasteiger partial charge in [0.25, 0.3) is 11.8 Å². The van der Waals surface area contributed by atoms with Crippen molar-refractivity contribution in [3.8, 4) is 0 Å². The molecule has 2 fully saturated rings. The van der Waals surface area contributed by atoms with Gasteiger partial charge in [-0.2, -0.15) is 0 Å². The molecule has 1 aromatic carbocycles. The van der Waals surface area contributed by atoms with Crippen molar-refractivity contribution in [1.82, 2.24) is 9.96 Å². The van der Waals surface area contributed by atoms with Crippen LogP contribution in [-0.4, -0.2) is 46.7 Å². The first kappa shape index (κ1) is 16.1. The lowest BCUT2D eigenvalue weighted by Gasteiger charge is -2.18. The van der Waals surface area contributed by atoms with Crippen molar-refractivity contribution in [2.75, 3.05) is 13.1 Å². The molecule has 0 spiro atoms. The maximum atomic E-state index is 13.0. The summed E-state index contributed by atoms with van der Waals surface area (Å²) in [4.78, 5) is 52.8. The Kier molecular flexibility index (Phi) is 4.28. The molecule has 0 aliphatic carbocycles. The van der Waals surface area contributed by atoms with Crippen molar-refractivity contribution in [1.29, 1.82) is 0 Å². The van der Waals surface area contributed by atoms with E-state index in [0.29, 0.717) is 11.6 Å². The van der Waals surface area contributed by atoms with Gasteiger partial charge < -0.3 is 9.74 Å². The lowest BCUT2D eigenvalue weighted by molar-refractivity contribution is -0.198. The van der Waals surface area contributed by atoms with Gasteiger partial charge in [-0.05, 0) is 17.7 Å². The standard InChI is InChI=1S/C16H15FN2O5/c17-12-3-1-10(2-4-12)11-7-15(22)18(8-11)9-16(23)24-19-13(20)5-6-14(19)21/h1-4,11H,5-9H2. The van der Waals surface area contributed by atoms with Crippen LogP contribution in [0.2, 0.25) is 0 Å². The van der Waals surface area contributed by atoms with Crippen molar-refractivity contribution in [2.24, 2.45) is 0 Å². The lowest BCUT2D eigenvalue weighted by Crippen LogP contribution is -2.38. The van der Waals surface area contributed by atoms with E-state index in [0.717, 1.165) is 5.56 Å². The predicted molar refractivity (Wildman–Crippen MR) is 77.5 cm³/mol. The normalized spacial score (nSPS) is 20.9. The number of rotatable bonds is 4. The van der Waals surface area contributed by atoms with Crippen LogP contribution < -0.4 is 0 Å². The van der Waals surface area contributed by atoms with Crippen LogP contribution in [0, 0.1) is 5.82 Å². The van der Waals surface area contributed by atoms with Crippen LogP contribution in [0.5, 0.6) is 0 Å². The van der Waals surface area contributed by atoms with Crippen LogP contribution in [0.15, 0.2) is 24.3 Å². The van der Waals surface area contributed by atoms with Gasteiger partial charge in [0.2, 0.25) is 5.91 Å². The first-order valence-electron chi connectivity index (χ1n) is 7.54. The Hall–Kier alpha value is -2.77. The highest BCUT2D eigenvalue weighted by Gasteiger charge is 2.36. The third kappa shape index (κ3) is 3.27. The number of imide groups is 1. The number of likely N-dealkylation sites (tertiary alicyclic amines) is 1. The monoisotopic (exact) mass is 334 g/mol. The minimum Gasteiger partial charge on any atom is -0.331 e. The van der Waals surface area contributed by atoms with Gasteiger partial charge in [0.1, 0.15) is 12.4 Å². The molecular formula is C16H15FN2O5. The Morgan fingerprint density at radius 1 is 1.08 bits per heavy atom. The molecule has 8 heteroatoms. The van der Waals surface area contributed by atoms with Gasteiger partial charge in [0, 0.05) is 31.7 Å². The van der Waals surface area contributed by atoms with Gasteiger partial charge in [-0.3, -0.25) is 14.4 Å². The zero-order valence-corrected chi connectivity index (χ0v) is 12.7. The smallest absolute Gasteiger partial charge is 0.331 e. The minimum atomic E-state index is -0.841. The van der Waals surface area contributed by atoms with E-state index in [1.807, 2.05) is 0 Å². The molecule has 0 saturated carbocycles. The number of carbonyl (C=O) groups is 4. The summed E-state index contributed by atoms with van der Waals surface area (Å²) in [6.45, 7) is -0.0466. The molecule has 3 amide bonds. The first-order valence-corrected chi connectivity index (χ1v) is 7.54.